The number of benzene rings is 1. The van der Waals surface area contributed by atoms with Crippen LogP contribution in [-0.2, 0) is 16.1 Å². The standard InChI is InChI=1S/C9H9NO2S/c1-10-9(11)8(13-12)7-5-3-2-4-6-7/h2-6H,1H3,(H,10,11). The molecule has 13 heavy (non-hydrogen) atoms. The molecule has 0 unspecified atom stereocenters. The largest absolute Gasteiger partial charge is 0.354 e. The summed E-state index contributed by atoms with van der Waals surface area (Å²) in [6.07, 6.45) is 0. The zero-order valence-corrected chi connectivity index (χ0v) is 7.93. The maximum atomic E-state index is 11.2. The lowest BCUT2D eigenvalue weighted by atomic mass is 10.1. The minimum atomic E-state index is -0.341. The second-order valence-electron chi connectivity index (χ2n) is 2.36. The van der Waals surface area contributed by atoms with Gasteiger partial charge in [0.05, 0.1) is 0 Å². The quantitative estimate of drug-likeness (QED) is 0.540. The predicted molar refractivity (Wildman–Crippen MR) is 52.8 cm³/mol. The fourth-order valence-electron chi connectivity index (χ4n) is 0.920. The number of hydrogen-bond acceptors (Lipinski definition) is 2. The van der Waals surface area contributed by atoms with Gasteiger partial charge in [-0.1, -0.05) is 30.3 Å². The van der Waals surface area contributed by atoms with Gasteiger partial charge in [-0.3, -0.25) is 4.79 Å². The van der Waals surface area contributed by atoms with Crippen LogP contribution >= 0.6 is 0 Å². The summed E-state index contributed by atoms with van der Waals surface area (Å²) in [6, 6.07) is 8.87. The Hall–Kier alpha value is -1.42. The third kappa shape index (κ3) is 2.26. The highest BCUT2D eigenvalue weighted by molar-refractivity contribution is 7.69. The van der Waals surface area contributed by atoms with Crippen molar-refractivity contribution in [3.8, 4) is 0 Å². The van der Waals surface area contributed by atoms with Gasteiger partial charge in [0.2, 0.25) is 0 Å². The van der Waals surface area contributed by atoms with Crippen molar-refractivity contribution in [2.45, 2.75) is 0 Å². The van der Waals surface area contributed by atoms with E-state index in [1.807, 2.05) is 6.07 Å². The average Bonchev–Trinajstić information content (AvgIpc) is 2.20. The molecule has 0 aliphatic heterocycles. The minimum Gasteiger partial charge on any atom is -0.354 e. The highest BCUT2D eigenvalue weighted by Crippen LogP contribution is 1.99. The molecule has 0 atom stereocenters. The van der Waals surface area contributed by atoms with E-state index >= 15 is 0 Å². The smallest absolute Gasteiger partial charge is 0.264 e. The Balaban J connectivity index is 3.07. The first kappa shape index (κ1) is 9.67. The summed E-state index contributed by atoms with van der Waals surface area (Å²) in [5, 5.41) is 2.42. The van der Waals surface area contributed by atoms with Crippen molar-refractivity contribution in [2.75, 3.05) is 7.05 Å². The molecule has 1 N–H and O–H groups in total. The summed E-state index contributed by atoms with van der Waals surface area (Å²) >= 11 is 0.210. The molecule has 0 aliphatic carbocycles. The van der Waals surface area contributed by atoms with Crippen molar-refractivity contribution in [1.82, 2.24) is 5.32 Å². The van der Waals surface area contributed by atoms with Crippen molar-refractivity contribution in [3.63, 3.8) is 0 Å². The fraction of sp³-hybridized carbons (Fsp3) is 0.111. The Labute approximate surface area is 79.8 Å². The van der Waals surface area contributed by atoms with E-state index in [0.29, 0.717) is 5.56 Å². The molecule has 0 aromatic heterocycles. The van der Waals surface area contributed by atoms with Crippen LogP contribution in [0.4, 0.5) is 0 Å². The fourth-order valence-corrected chi connectivity index (χ4v) is 1.33. The third-order valence-electron chi connectivity index (χ3n) is 1.55. The number of hydrogen-bond donors (Lipinski definition) is 1. The van der Waals surface area contributed by atoms with Gasteiger partial charge in [-0.25, -0.2) is 4.21 Å². The van der Waals surface area contributed by atoms with Gasteiger partial charge in [0.15, 0.2) is 0 Å². The monoisotopic (exact) mass is 195 g/mol. The average molecular weight is 195 g/mol. The van der Waals surface area contributed by atoms with E-state index in [2.05, 4.69) is 5.32 Å². The lowest BCUT2D eigenvalue weighted by Crippen LogP contribution is -2.28. The van der Waals surface area contributed by atoms with Gasteiger partial charge in [-0.15, -0.1) is 0 Å². The Morgan fingerprint density at radius 3 is 2.38 bits per heavy atom. The molecule has 0 bridgehead atoms. The zero-order valence-electron chi connectivity index (χ0n) is 7.11. The van der Waals surface area contributed by atoms with Crippen LogP contribution in [0.3, 0.4) is 0 Å². The summed E-state index contributed by atoms with van der Waals surface area (Å²) in [5.74, 6) is -0.341. The van der Waals surface area contributed by atoms with Gasteiger partial charge in [-0.05, 0) is 0 Å². The number of carbonyl (C=O) groups is 1. The van der Waals surface area contributed by atoms with Gasteiger partial charge in [0.1, 0.15) is 16.1 Å². The van der Waals surface area contributed by atoms with E-state index in [-0.39, 0.29) is 22.0 Å². The van der Waals surface area contributed by atoms with E-state index in [1.54, 1.807) is 24.3 Å². The van der Waals surface area contributed by atoms with Crippen LogP contribution in [0.1, 0.15) is 5.56 Å². The Kier molecular flexibility index (Phi) is 3.40. The molecule has 3 nitrogen and oxygen atoms in total. The Morgan fingerprint density at radius 1 is 1.31 bits per heavy atom. The van der Waals surface area contributed by atoms with E-state index < -0.39 is 0 Å². The van der Waals surface area contributed by atoms with Crippen LogP contribution in [-0.4, -0.2) is 22.0 Å². The molecule has 0 fully saturated rings. The normalized spacial score (nSPS) is 9.00. The van der Waals surface area contributed by atoms with Crippen molar-refractivity contribution >= 4 is 22.0 Å². The molecule has 1 amide bonds. The second kappa shape index (κ2) is 4.57. The molecule has 0 radical (unpaired) electrons. The van der Waals surface area contributed by atoms with E-state index in [4.69, 9.17) is 0 Å². The maximum Gasteiger partial charge on any atom is 0.264 e. The molecule has 4 heteroatoms. The number of likely N-dealkylation sites (N-methyl/N-ethyl adjacent to an activating group) is 1. The molecule has 0 aliphatic rings. The topological polar surface area (TPSA) is 46.2 Å². The minimum absolute atomic E-state index is 0.197. The van der Waals surface area contributed by atoms with Gasteiger partial charge in [-0.2, -0.15) is 0 Å². The summed E-state index contributed by atoms with van der Waals surface area (Å²) in [7, 11) is 1.50. The van der Waals surface area contributed by atoms with E-state index in [9.17, 15) is 9.00 Å². The van der Waals surface area contributed by atoms with Gasteiger partial charge < -0.3 is 5.32 Å². The molecular weight excluding hydrogens is 186 g/mol. The zero-order chi connectivity index (χ0) is 9.68. The number of carbonyl (C=O) groups excluding carboxylic acids is 1. The summed E-state index contributed by atoms with van der Waals surface area (Å²) < 4.78 is 10.6. The van der Waals surface area contributed by atoms with Crippen LogP contribution in [0, 0.1) is 0 Å². The molecular formula is C9H9NO2S. The lowest BCUT2D eigenvalue weighted by Gasteiger charge is -2.00. The Bertz CT molecular complexity index is 355. The molecule has 0 saturated heterocycles. The van der Waals surface area contributed by atoms with Crippen LogP contribution < -0.4 is 5.32 Å². The molecule has 68 valence electrons. The van der Waals surface area contributed by atoms with Crippen LogP contribution in [0.2, 0.25) is 0 Å². The summed E-state index contributed by atoms with van der Waals surface area (Å²) in [5.41, 5.74) is 0.654. The second-order valence-corrected chi connectivity index (χ2v) is 2.93. The van der Waals surface area contributed by atoms with Crippen molar-refractivity contribution in [2.24, 2.45) is 0 Å². The maximum absolute atomic E-state index is 11.2. The number of nitrogens with one attached hydrogen (secondary N) is 1. The first-order chi connectivity index (χ1) is 6.29. The van der Waals surface area contributed by atoms with Crippen LogP contribution in [0.15, 0.2) is 30.3 Å². The molecule has 0 saturated carbocycles. The number of rotatable bonds is 2. The van der Waals surface area contributed by atoms with Crippen molar-refractivity contribution < 1.29 is 9.00 Å². The third-order valence-corrected chi connectivity index (χ3v) is 2.14. The highest BCUT2D eigenvalue weighted by Gasteiger charge is 2.10. The SMILES string of the molecule is CNC(=O)C(=S=O)c1ccccc1. The van der Waals surface area contributed by atoms with E-state index in [0.717, 1.165) is 0 Å². The Morgan fingerprint density at radius 2 is 1.92 bits per heavy atom. The molecule has 0 heterocycles. The van der Waals surface area contributed by atoms with Crippen molar-refractivity contribution in [1.29, 1.82) is 0 Å². The van der Waals surface area contributed by atoms with Gasteiger partial charge in [0, 0.05) is 12.6 Å². The summed E-state index contributed by atoms with van der Waals surface area (Å²) in [4.78, 5) is 11.4. The number of amides is 1. The van der Waals surface area contributed by atoms with Gasteiger partial charge in [0.25, 0.3) is 5.91 Å². The molecule has 1 aromatic carbocycles. The van der Waals surface area contributed by atoms with E-state index in [1.165, 1.54) is 7.05 Å². The molecule has 0 spiro atoms. The first-order valence-electron chi connectivity index (χ1n) is 3.74. The van der Waals surface area contributed by atoms with Crippen LogP contribution in [0.25, 0.3) is 0 Å². The van der Waals surface area contributed by atoms with Gasteiger partial charge >= 0.3 is 0 Å². The van der Waals surface area contributed by atoms with Crippen LogP contribution in [0.5, 0.6) is 0 Å². The predicted octanol–water partition coefficient (Wildman–Crippen LogP) is 0.166. The first-order valence-corrected chi connectivity index (χ1v) is 4.48. The van der Waals surface area contributed by atoms with Crippen molar-refractivity contribution in [3.05, 3.63) is 35.9 Å². The molecule has 1 aromatic rings. The summed E-state index contributed by atoms with van der Waals surface area (Å²) in [6.45, 7) is 0. The molecule has 1 rings (SSSR count). The lowest BCUT2D eigenvalue weighted by molar-refractivity contribution is -0.114. The highest BCUT2D eigenvalue weighted by atomic mass is 32.1.